The fourth-order valence-electron chi connectivity index (χ4n) is 1.95. The van der Waals surface area contributed by atoms with Crippen LogP contribution in [0.1, 0.15) is 26.0 Å². The maximum atomic E-state index is 5.85. The molecule has 4 heteroatoms. The van der Waals surface area contributed by atoms with E-state index in [1.54, 1.807) is 6.20 Å². The Labute approximate surface area is 96.2 Å². The summed E-state index contributed by atoms with van der Waals surface area (Å²) in [5, 5.41) is 3.50. The van der Waals surface area contributed by atoms with E-state index >= 15 is 0 Å². The second-order valence-electron chi connectivity index (χ2n) is 4.57. The fraction of sp³-hybridized carbons (Fsp3) is 0.583. The van der Waals surface area contributed by atoms with Crippen LogP contribution in [0.5, 0.6) is 0 Å². The number of hydrogen-bond acceptors (Lipinski definition) is 4. The largest absolute Gasteiger partial charge is 0.397 e. The van der Waals surface area contributed by atoms with Crippen molar-refractivity contribution in [1.82, 2.24) is 10.3 Å². The number of nitrogens with two attached hydrogens (primary N) is 1. The third-order valence-corrected chi connectivity index (χ3v) is 3.47. The van der Waals surface area contributed by atoms with E-state index in [1.807, 2.05) is 12.1 Å². The number of nitrogens with zero attached hydrogens (tertiary/aromatic N) is 1. The second-order valence-corrected chi connectivity index (χ2v) is 4.57. The van der Waals surface area contributed by atoms with Crippen molar-refractivity contribution >= 4 is 5.69 Å². The third kappa shape index (κ3) is 2.18. The maximum Gasteiger partial charge on any atom is 0.0770 e. The summed E-state index contributed by atoms with van der Waals surface area (Å²) in [7, 11) is 0. The number of rotatable bonds is 3. The standard InChI is InChI=1S/C12H19N3O/c1-9-12(2,5-7-16-9)15-8-11-10(13)4-3-6-14-11/h3-4,6,9,15H,5,7-8,13H2,1-2H3. The molecular formula is C12H19N3O. The van der Waals surface area contributed by atoms with Crippen LogP contribution in [0, 0.1) is 0 Å². The molecule has 0 saturated carbocycles. The molecule has 0 bridgehead atoms. The molecule has 1 aromatic rings. The van der Waals surface area contributed by atoms with Gasteiger partial charge in [0.1, 0.15) is 0 Å². The smallest absolute Gasteiger partial charge is 0.0770 e. The Balaban J connectivity index is 2.00. The molecule has 2 atom stereocenters. The van der Waals surface area contributed by atoms with Gasteiger partial charge in [-0.05, 0) is 32.4 Å². The quantitative estimate of drug-likeness (QED) is 0.808. The van der Waals surface area contributed by atoms with Gasteiger partial charge in [0.25, 0.3) is 0 Å². The van der Waals surface area contributed by atoms with Gasteiger partial charge in [0.05, 0.1) is 17.5 Å². The van der Waals surface area contributed by atoms with Crippen molar-refractivity contribution in [3.05, 3.63) is 24.0 Å². The average Bonchev–Trinajstić information content (AvgIpc) is 2.59. The highest BCUT2D eigenvalue weighted by molar-refractivity contribution is 5.41. The van der Waals surface area contributed by atoms with Crippen molar-refractivity contribution in [2.45, 2.75) is 38.5 Å². The number of nitrogens with one attached hydrogen (secondary N) is 1. The Hall–Kier alpha value is -1.13. The predicted molar refractivity (Wildman–Crippen MR) is 63.9 cm³/mol. The zero-order valence-corrected chi connectivity index (χ0v) is 9.86. The van der Waals surface area contributed by atoms with Gasteiger partial charge in [0.2, 0.25) is 0 Å². The van der Waals surface area contributed by atoms with Gasteiger partial charge in [0.15, 0.2) is 0 Å². The van der Waals surface area contributed by atoms with Gasteiger partial charge in [0, 0.05) is 24.9 Å². The number of ether oxygens (including phenoxy) is 1. The van der Waals surface area contributed by atoms with E-state index < -0.39 is 0 Å². The van der Waals surface area contributed by atoms with E-state index in [1.165, 1.54) is 0 Å². The van der Waals surface area contributed by atoms with Crippen molar-refractivity contribution in [2.24, 2.45) is 0 Å². The van der Waals surface area contributed by atoms with Crippen molar-refractivity contribution in [1.29, 1.82) is 0 Å². The number of aromatic nitrogens is 1. The van der Waals surface area contributed by atoms with Crippen LogP contribution in [0.2, 0.25) is 0 Å². The molecule has 2 unspecified atom stereocenters. The summed E-state index contributed by atoms with van der Waals surface area (Å²) in [4.78, 5) is 4.27. The molecule has 4 nitrogen and oxygen atoms in total. The van der Waals surface area contributed by atoms with Crippen LogP contribution >= 0.6 is 0 Å². The number of hydrogen-bond donors (Lipinski definition) is 2. The molecule has 2 heterocycles. The molecule has 1 fully saturated rings. The van der Waals surface area contributed by atoms with Crippen LogP contribution in [0.4, 0.5) is 5.69 Å². The van der Waals surface area contributed by atoms with Gasteiger partial charge in [-0.15, -0.1) is 0 Å². The van der Waals surface area contributed by atoms with E-state index in [9.17, 15) is 0 Å². The molecule has 1 aliphatic rings. The molecule has 0 aromatic carbocycles. The zero-order chi connectivity index (χ0) is 11.6. The summed E-state index contributed by atoms with van der Waals surface area (Å²) >= 11 is 0. The van der Waals surface area contributed by atoms with Crippen molar-refractivity contribution in [3.8, 4) is 0 Å². The molecule has 1 saturated heterocycles. The van der Waals surface area contributed by atoms with Gasteiger partial charge in [-0.2, -0.15) is 0 Å². The van der Waals surface area contributed by atoms with Crippen LogP contribution in [0.3, 0.4) is 0 Å². The van der Waals surface area contributed by atoms with Crippen molar-refractivity contribution < 1.29 is 4.74 Å². The minimum Gasteiger partial charge on any atom is -0.397 e. The Kier molecular flexibility index (Phi) is 3.12. The van der Waals surface area contributed by atoms with Crippen molar-refractivity contribution in [2.75, 3.05) is 12.3 Å². The molecular weight excluding hydrogens is 202 g/mol. The summed E-state index contributed by atoms with van der Waals surface area (Å²) in [5.74, 6) is 0. The third-order valence-electron chi connectivity index (χ3n) is 3.47. The van der Waals surface area contributed by atoms with E-state index in [2.05, 4.69) is 24.1 Å². The van der Waals surface area contributed by atoms with Gasteiger partial charge in [-0.3, -0.25) is 4.98 Å². The first kappa shape index (κ1) is 11.4. The molecule has 1 aliphatic heterocycles. The predicted octanol–water partition coefficient (Wildman–Crippen LogP) is 1.32. The number of pyridine rings is 1. The topological polar surface area (TPSA) is 60.2 Å². The van der Waals surface area contributed by atoms with E-state index in [0.717, 1.165) is 24.4 Å². The highest BCUT2D eigenvalue weighted by atomic mass is 16.5. The summed E-state index contributed by atoms with van der Waals surface area (Å²) in [6.07, 6.45) is 3.03. The minimum atomic E-state index is 0.0317. The lowest BCUT2D eigenvalue weighted by atomic mass is 9.94. The van der Waals surface area contributed by atoms with Crippen LogP contribution in [0.25, 0.3) is 0 Å². The SMILES string of the molecule is CC1OCCC1(C)NCc1ncccc1N. The fourth-order valence-corrected chi connectivity index (χ4v) is 1.95. The molecule has 0 aliphatic carbocycles. The highest BCUT2D eigenvalue weighted by Gasteiger charge is 2.36. The van der Waals surface area contributed by atoms with Gasteiger partial charge >= 0.3 is 0 Å². The minimum absolute atomic E-state index is 0.0317. The molecule has 0 spiro atoms. The number of anilines is 1. The molecule has 16 heavy (non-hydrogen) atoms. The lowest BCUT2D eigenvalue weighted by molar-refractivity contribution is 0.0880. The van der Waals surface area contributed by atoms with Gasteiger partial charge < -0.3 is 15.8 Å². The summed E-state index contributed by atoms with van der Waals surface area (Å²) in [6, 6.07) is 3.72. The van der Waals surface area contributed by atoms with Gasteiger partial charge in [-0.1, -0.05) is 0 Å². The van der Waals surface area contributed by atoms with Gasteiger partial charge in [-0.25, -0.2) is 0 Å². The molecule has 88 valence electrons. The zero-order valence-electron chi connectivity index (χ0n) is 9.86. The summed E-state index contributed by atoms with van der Waals surface area (Å²) in [6.45, 7) is 5.80. The van der Waals surface area contributed by atoms with E-state index in [-0.39, 0.29) is 11.6 Å². The maximum absolute atomic E-state index is 5.85. The number of nitrogen functional groups attached to an aromatic ring is 1. The lowest BCUT2D eigenvalue weighted by Crippen LogP contribution is -2.47. The molecule has 2 rings (SSSR count). The molecule has 0 amide bonds. The van der Waals surface area contributed by atoms with Crippen LogP contribution in [-0.2, 0) is 11.3 Å². The van der Waals surface area contributed by atoms with E-state index in [0.29, 0.717) is 6.54 Å². The van der Waals surface area contributed by atoms with Crippen LogP contribution in [-0.4, -0.2) is 23.2 Å². The monoisotopic (exact) mass is 221 g/mol. The van der Waals surface area contributed by atoms with Crippen LogP contribution in [0.15, 0.2) is 18.3 Å². The van der Waals surface area contributed by atoms with Crippen LogP contribution < -0.4 is 11.1 Å². The Morgan fingerprint density at radius 2 is 2.50 bits per heavy atom. The summed E-state index contributed by atoms with van der Waals surface area (Å²) in [5.41, 5.74) is 7.53. The Morgan fingerprint density at radius 1 is 1.69 bits per heavy atom. The lowest BCUT2D eigenvalue weighted by Gasteiger charge is -2.29. The summed E-state index contributed by atoms with van der Waals surface area (Å²) < 4.78 is 5.57. The Bertz CT molecular complexity index is 369. The first-order valence-electron chi connectivity index (χ1n) is 5.68. The van der Waals surface area contributed by atoms with Crippen molar-refractivity contribution in [3.63, 3.8) is 0 Å². The molecule has 0 radical (unpaired) electrons. The first-order chi connectivity index (χ1) is 7.62. The normalized spacial score (nSPS) is 29.5. The molecule has 3 N–H and O–H groups in total. The molecule has 1 aromatic heterocycles. The Morgan fingerprint density at radius 3 is 3.12 bits per heavy atom. The average molecular weight is 221 g/mol. The van der Waals surface area contributed by atoms with E-state index in [4.69, 9.17) is 10.5 Å². The first-order valence-corrected chi connectivity index (χ1v) is 5.68. The highest BCUT2D eigenvalue weighted by Crippen LogP contribution is 2.25. The second kappa shape index (κ2) is 4.39.